The third-order valence-electron chi connectivity index (χ3n) is 2.63. The van der Waals surface area contributed by atoms with Crippen molar-refractivity contribution in [2.75, 3.05) is 7.05 Å². The summed E-state index contributed by atoms with van der Waals surface area (Å²) in [5, 5.41) is 2.91. The van der Waals surface area contributed by atoms with Gasteiger partial charge in [-0.05, 0) is 13.8 Å². The van der Waals surface area contributed by atoms with Crippen LogP contribution in [0.1, 0.15) is 12.7 Å². The highest BCUT2D eigenvalue weighted by Crippen LogP contribution is 2.12. The molecule has 2 heterocycles. The van der Waals surface area contributed by atoms with Gasteiger partial charge in [0.15, 0.2) is 5.65 Å². The van der Waals surface area contributed by atoms with E-state index in [1.54, 1.807) is 42.6 Å². The van der Waals surface area contributed by atoms with E-state index >= 15 is 0 Å². The van der Waals surface area contributed by atoms with Crippen LogP contribution in [-0.2, 0) is 7.05 Å². The van der Waals surface area contributed by atoms with Gasteiger partial charge in [-0.15, -0.1) is 0 Å². The van der Waals surface area contributed by atoms with E-state index in [2.05, 4.69) is 15.3 Å². The van der Waals surface area contributed by atoms with E-state index in [9.17, 15) is 4.79 Å². The number of nitrogens with one attached hydrogen (secondary N) is 1. The van der Waals surface area contributed by atoms with Crippen LogP contribution < -0.4 is 11.0 Å². The molecule has 0 saturated carbocycles. The number of aryl methyl sites for hydroxylation is 2. The van der Waals surface area contributed by atoms with E-state index in [1.807, 2.05) is 6.92 Å². The number of nitrogens with zero attached hydrogens (tertiary/aromatic N) is 4. The maximum absolute atomic E-state index is 12.1. The van der Waals surface area contributed by atoms with Crippen molar-refractivity contribution in [1.29, 1.82) is 0 Å². The molecule has 0 radical (unpaired) electrons. The highest BCUT2D eigenvalue weighted by Gasteiger charge is 2.13. The van der Waals surface area contributed by atoms with Gasteiger partial charge in [-0.3, -0.25) is 4.57 Å². The largest absolute Gasteiger partial charge is 0.393 e. The van der Waals surface area contributed by atoms with Crippen LogP contribution in [0.15, 0.2) is 17.2 Å². The van der Waals surface area contributed by atoms with Gasteiger partial charge >= 0.3 is 5.69 Å². The molecule has 17 heavy (non-hydrogen) atoms. The third kappa shape index (κ3) is 1.71. The molecule has 1 N–H and O–H groups in total. The van der Waals surface area contributed by atoms with Gasteiger partial charge in [0, 0.05) is 26.0 Å². The molecule has 0 amide bonds. The van der Waals surface area contributed by atoms with Crippen LogP contribution in [-0.4, -0.2) is 26.1 Å². The fourth-order valence-corrected chi connectivity index (χ4v) is 1.79. The van der Waals surface area contributed by atoms with Crippen LogP contribution in [0.5, 0.6) is 0 Å². The second kappa shape index (κ2) is 4.04. The molecule has 0 spiro atoms. The summed E-state index contributed by atoms with van der Waals surface area (Å²) in [6.45, 7) is 3.66. The van der Waals surface area contributed by atoms with E-state index in [0.717, 1.165) is 11.2 Å². The summed E-state index contributed by atoms with van der Waals surface area (Å²) >= 11 is 0. The zero-order chi connectivity index (χ0) is 12.6. The highest BCUT2D eigenvalue weighted by molar-refractivity contribution is 5.74. The summed E-state index contributed by atoms with van der Waals surface area (Å²) in [4.78, 5) is 20.5. The van der Waals surface area contributed by atoms with Crippen molar-refractivity contribution in [1.82, 2.24) is 24.4 Å². The summed E-state index contributed by atoms with van der Waals surface area (Å²) in [6, 6.07) is 0. The number of rotatable bonds is 2. The monoisotopic (exact) mass is 233 g/mol. The van der Waals surface area contributed by atoms with Crippen molar-refractivity contribution < 1.29 is 0 Å². The third-order valence-corrected chi connectivity index (χ3v) is 2.63. The first kappa shape index (κ1) is 11.4. The Labute approximate surface area is 98.6 Å². The lowest BCUT2D eigenvalue weighted by molar-refractivity contribution is 0.846. The lowest BCUT2D eigenvalue weighted by atomic mass is 10.4. The van der Waals surface area contributed by atoms with Crippen molar-refractivity contribution in [2.45, 2.75) is 13.8 Å². The molecule has 90 valence electrons. The van der Waals surface area contributed by atoms with Gasteiger partial charge in [-0.2, -0.15) is 0 Å². The van der Waals surface area contributed by atoms with Crippen molar-refractivity contribution in [3.63, 3.8) is 0 Å². The fourth-order valence-electron chi connectivity index (χ4n) is 1.79. The molecule has 0 bridgehead atoms. The number of imidazole rings is 1. The molecule has 0 aliphatic rings. The fraction of sp³-hybridized carbons (Fsp3) is 0.364. The molecule has 0 aliphatic carbocycles. The average Bonchev–Trinajstić information content (AvgIpc) is 2.51. The zero-order valence-electron chi connectivity index (χ0n) is 10.4. The van der Waals surface area contributed by atoms with Crippen molar-refractivity contribution in [3.8, 4) is 0 Å². The smallest absolute Gasteiger partial charge is 0.334 e. The standard InChI is InChI=1S/C11H15N5O/c1-7(5-12-3)16-10-9(15(4)11(16)17)6-13-8(2)14-10/h5-6,12H,1-4H3/b7-5+. The molecule has 6 nitrogen and oxygen atoms in total. The SMILES string of the molecule is CN/C=C(\C)n1c(=O)n(C)c2cnc(C)nc21. The molecule has 2 aromatic rings. The minimum absolute atomic E-state index is 0.121. The van der Waals surface area contributed by atoms with Crippen molar-refractivity contribution in [3.05, 3.63) is 28.7 Å². The average molecular weight is 233 g/mol. The first-order chi connectivity index (χ1) is 8.06. The van der Waals surface area contributed by atoms with Crippen LogP contribution in [0.3, 0.4) is 0 Å². The Bertz CT molecular complexity index is 650. The topological polar surface area (TPSA) is 64.7 Å². The molecule has 6 heteroatoms. The van der Waals surface area contributed by atoms with E-state index in [0.29, 0.717) is 11.5 Å². The zero-order valence-corrected chi connectivity index (χ0v) is 10.4. The van der Waals surface area contributed by atoms with Crippen LogP contribution in [0.4, 0.5) is 0 Å². The predicted octanol–water partition coefficient (Wildman–Crippen LogP) is 0.476. The number of aromatic nitrogens is 4. The van der Waals surface area contributed by atoms with Gasteiger partial charge in [0.2, 0.25) is 0 Å². The van der Waals surface area contributed by atoms with E-state index in [-0.39, 0.29) is 5.69 Å². The minimum Gasteiger partial charge on any atom is -0.393 e. The van der Waals surface area contributed by atoms with Crippen molar-refractivity contribution in [2.24, 2.45) is 7.05 Å². The van der Waals surface area contributed by atoms with Gasteiger partial charge in [0.25, 0.3) is 0 Å². The first-order valence-corrected chi connectivity index (χ1v) is 5.31. The Hall–Kier alpha value is -2.11. The minimum atomic E-state index is -0.121. The summed E-state index contributed by atoms with van der Waals surface area (Å²) in [7, 11) is 3.51. The van der Waals surface area contributed by atoms with E-state index in [1.165, 1.54) is 0 Å². The summed E-state index contributed by atoms with van der Waals surface area (Å²) in [6.07, 6.45) is 3.43. The quantitative estimate of drug-likeness (QED) is 0.819. The Balaban J connectivity index is 2.87. The molecule has 0 saturated heterocycles. The molecule has 0 atom stereocenters. The van der Waals surface area contributed by atoms with Gasteiger partial charge in [-0.1, -0.05) is 0 Å². The highest BCUT2D eigenvalue weighted by atomic mass is 16.1. The predicted molar refractivity (Wildman–Crippen MR) is 66.5 cm³/mol. The molecule has 0 aromatic carbocycles. The summed E-state index contributed by atoms with van der Waals surface area (Å²) in [5.74, 6) is 0.647. The molecular formula is C11H15N5O. The first-order valence-electron chi connectivity index (χ1n) is 5.31. The Kier molecular flexibility index (Phi) is 2.71. The number of fused-ring (bicyclic) bond motifs is 1. The summed E-state index contributed by atoms with van der Waals surface area (Å²) < 4.78 is 3.11. The molecule has 2 aromatic heterocycles. The van der Waals surface area contributed by atoms with Gasteiger partial charge in [-0.25, -0.2) is 19.3 Å². The van der Waals surface area contributed by atoms with Crippen LogP contribution in [0.2, 0.25) is 0 Å². The second-order valence-corrected chi connectivity index (χ2v) is 3.88. The Morgan fingerprint density at radius 3 is 2.88 bits per heavy atom. The van der Waals surface area contributed by atoms with Crippen LogP contribution in [0.25, 0.3) is 16.9 Å². The van der Waals surface area contributed by atoms with E-state index in [4.69, 9.17) is 0 Å². The molecule has 2 rings (SSSR count). The van der Waals surface area contributed by atoms with Gasteiger partial charge in [0.05, 0.1) is 6.20 Å². The number of hydrogen-bond acceptors (Lipinski definition) is 4. The van der Waals surface area contributed by atoms with Gasteiger partial charge < -0.3 is 5.32 Å². The number of allylic oxidation sites excluding steroid dienone is 1. The lowest BCUT2D eigenvalue weighted by Crippen LogP contribution is -2.21. The van der Waals surface area contributed by atoms with E-state index < -0.39 is 0 Å². The molecule has 0 fully saturated rings. The number of hydrogen-bond donors (Lipinski definition) is 1. The van der Waals surface area contributed by atoms with Crippen molar-refractivity contribution >= 4 is 16.9 Å². The Morgan fingerprint density at radius 2 is 2.24 bits per heavy atom. The molecule has 0 aliphatic heterocycles. The second-order valence-electron chi connectivity index (χ2n) is 3.88. The normalized spacial score (nSPS) is 12.1. The lowest BCUT2D eigenvalue weighted by Gasteiger charge is -2.02. The Morgan fingerprint density at radius 1 is 1.53 bits per heavy atom. The maximum atomic E-state index is 12.1. The summed E-state index contributed by atoms with van der Waals surface area (Å²) in [5.41, 5.74) is 2.03. The molecule has 0 unspecified atom stereocenters. The van der Waals surface area contributed by atoms with Crippen LogP contribution in [0, 0.1) is 6.92 Å². The van der Waals surface area contributed by atoms with Crippen LogP contribution >= 0.6 is 0 Å². The maximum Gasteiger partial charge on any atom is 0.334 e. The van der Waals surface area contributed by atoms with Gasteiger partial charge in [0.1, 0.15) is 11.3 Å². The molecular weight excluding hydrogens is 218 g/mol.